The Morgan fingerprint density at radius 3 is 2.74 bits per heavy atom. The van der Waals surface area contributed by atoms with E-state index in [1.165, 1.54) is 19.3 Å². The number of benzene rings is 1. The highest BCUT2D eigenvalue weighted by Crippen LogP contribution is 2.21. The maximum Gasteiger partial charge on any atom is 0.255 e. The summed E-state index contributed by atoms with van der Waals surface area (Å²) in [6, 6.07) is 9.00. The van der Waals surface area contributed by atoms with Crippen LogP contribution in [-0.4, -0.2) is 49.2 Å². The molecule has 27 heavy (non-hydrogen) atoms. The number of para-hydroxylation sites is 1. The van der Waals surface area contributed by atoms with Gasteiger partial charge in [-0.05, 0) is 38.3 Å². The summed E-state index contributed by atoms with van der Waals surface area (Å²) >= 11 is 0. The third-order valence-corrected chi connectivity index (χ3v) is 4.47. The molecule has 1 amide bonds. The largest absolute Gasteiger partial charge is 0.496 e. The van der Waals surface area contributed by atoms with E-state index in [2.05, 4.69) is 20.2 Å². The van der Waals surface area contributed by atoms with Gasteiger partial charge in [0.2, 0.25) is 5.88 Å². The molecule has 1 aromatic heterocycles. The van der Waals surface area contributed by atoms with Crippen LogP contribution >= 0.6 is 0 Å². The average molecular weight is 370 g/mol. The highest BCUT2D eigenvalue weighted by atomic mass is 16.5. The first kappa shape index (κ1) is 18.9. The van der Waals surface area contributed by atoms with Gasteiger partial charge in [-0.25, -0.2) is 4.98 Å². The predicted molar refractivity (Wildman–Crippen MR) is 104 cm³/mol. The van der Waals surface area contributed by atoms with Gasteiger partial charge < -0.3 is 19.7 Å². The van der Waals surface area contributed by atoms with E-state index in [4.69, 9.17) is 9.47 Å². The first-order valence-electron chi connectivity index (χ1n) is 9.32. The topological polar surface area (TPSA) is 76.6 Å². The Morgan fingerprint density at radius 2 is 1.96 bits per heavy atom. The zero-order valence-corrected chi connectivity index (χ0v) is 15.9. The molecule has 0 aliphatic carbocycles. The van der Waals surface area contributed by atoms with Gasteiger partial charge in [0.1, 0.15) is 24.0 Å². The number of rotatable bonds is 7. The van der Waals surface area contributed by atoms with E-state index < -0.39 is 0 Å². The zero-order chi connectivity index (χ0) is 19.1. The fourth-order valence-electron chi connectivity index (χ4n) is 3.13. The minimum absolute atomic E-state index is 0.191. The number of aryl methyl sites for hydroxylation is 1. The van der Waals surface area contributed by atoms with E-state index in [0.717, 1.165) is 18.9 Å². The minimum Gasteiger partial charge on any atom is -0.496 e. The molecule has 2 aromatic rings. The maximum atomic E-state index is 12.3. The summed E-state index contributed by atoms with van der Waals surface area (Å²) in [5.41, 5.74) is 0.505. The van der Waals surface area contributed by atoms with Gasteiger partial charge in [-0.1, -0.05) is 12.1 Å². The number of hydrogen-bond acceptors (Lipinski definition) is 6. The number of carbonyl (C=O) groups excluding carboxylic acids is 1. The van der Waals surface area contributed by atoms with E-state index in [9.17, 15) is 4.79 Å². The number of amides is 1. The van der Waals surface area contributed by atoms with Gasteiger partial charge in [-0.15, -0.1) is 0 Å². The van der Waals surface area contributed by atoms with Crippen LogP contribution in [-0.2, 0) is 0 Å². The Balaban J connectivity index is 1.53. The molecule has 1 aliphatic heterocycles. The molecule has 1 aromatic carbocycles. The van der Waals surface area contributed by atoms with Crippen LogP contribution in [0.2, 0.25) is 0 Å². The Labute approximate surface area is 159 Å². The van der Waals surface area contributed by atoms with E-state index in [-0.39, 0.29) is 5.91 Å². The molecule has 2 heterocycles. The summed E-state index contributed by atoms with van der Waals surface area (Å²) in [7, 11) is 1.55. The van der Waals surface area contributed by atoms with Crippen LogP contribution < -0.4 is 19.7 Å². The number of methoxy groups -OCH3 is 1. The second kappa shape index (κ2) is 9.21. The first-order chi connectivity index (χ1) is 13.2. The van der Waals surface area contributed by atoms with Gasteiger partial charge in [0, 0.05) is 19.2 Å². The first-order valence-corrected chi connectivity index (χ1v) is 9.32. The molecule has 0 bridgehead atoms. The summed E-state index contributed by atoms with van der Waals surface area (Å²) in [5, 5.41) is 2.84. The van der Waals surface area contributed by atoms with Crippen LogP contribution in [0.25, 0.3) is 0 Å². The molecular weight excluding hydrogens is 344 g/mol. The molecule has 1 N–H and O–H groups in total. The fraction of sp³-hybridized carbons (Fsp3) is 0.450. The maximum absolute atomic E-state index is 12.3. The Kier molecular flexibility index (Phi) is 6.46. The van der Waals surface area contributed by atoms with Crippen LogP contribution in [0.5, 0.6) is 11.6 Å². The smallest absolute Gasteiger partial charge is 0.255 e. The second-order valence-corrected chi connectivity index (χ2v) is 6.46. The molecule has 3 rings (SSSR count). The van der Waals surface area contributed by atoms with E-state index in [0.29, 0.717) is 36.2 Å². The number of nitrogens with one attached hydrogen (secondary N) is 1. The lowest BCUT2D eigenvalue weighted by Gasteiger charge is -2.28. The normalized spacial score (nSPS) is 13.9. The van der Waals surface area contributed by atoms with Gasteiger partial charge >= 0.3 is 0 Å². The molecule has 0 radical (unpaired) electrons. The number of piperidine rings is 1. The van der Waals surface area contributed by atoms with Crippen molar-refractivity contribution in [2.75, 3.05) is 38.3 Å². The molecule has 7 heteroatoms. The van der Waals surface area contributed by atoms with Crippen LogP contribution in [0.15, 0.2) is 30.3 Å². The number of ether oxygens (including phenoxy) is 2. The van der Waals surface area contributed by atoms with Gasteiger partial charge in [0.05, 0.1) is 19.2 Å². The number of hydrogen-bond donors (Lipinski definition) is 1. The van der Waals surface area contributed by atoms with Crippen molar-refractivity contribution in [3.8, 4) is 11.6 Å². The molecule has 0 spiro atoms. The van der Waals surface area contributed by atoms with Crippen LogP contribution in [0.1, 0.15) is 35.4 Å². The molecular formula is C20H26N4O3. The van der Waals surface area contributed by atoms with Crippen molar-refractivity contribution >= 4 is 11.7 Å². The van der Waals surface area contributed by atoms with Crippen LogP contribution in [0.4, 0.5) is 5.82 Å². The Hall–Kier alpha value is -2.83. The number of nitrogens with zero attached hydrogens (tertiary/aromatic N) is 3. The molecule has 1 aliphatic rings. The van der Waals surface area contributed by atoms with Gasteiger partial charge in [0.15, 0.2) is 0 Å². The lowest BCUT2D eigenvalue weighted by atomic mass is 10.1. The van der Waals surface area contributed by atoms with E-state index >= 15 is 0 Å². The number of aromatic nitrogens is 2. The number of carbonyl (C=O) groups is 1. The van der Waals surface area contributed by atoms with Crippen LogP contribution in [0, 0.1) is 6.92 Å². The van der Waals surface area contributed by atoms with Crippen molar-refractivity contribution in [3.63, 3.8) is 0 Å². The van der Waals surface area contributed by atoms with Gasteiger partial charge in [-0.2, -0.15) is 4.98 Å². The molecule has 0 atom stereocenters. The van der Waals surface area contributed by atoms with Crippen molar-refractivity contribution in [1.29, 1.82) is 0 Å². The summed E-state index contributed by atoms with van der Waals surface area (Å²) in [4.78, 5) is 23.4. The average Bonchev–Trinajstić information content (AvgIpc) is 2.71. The highest BCUT2D eigenvalue weighted by Gasteiger charge is 2.14. The SMILES string of the molecule is COc1ccccc1C(=O)NCCOc1cc(N2CCCCC2)nc(C)n1. The molecule has 7 nitrogen and oxygen atoms in total. The third kappa shape index (κ3) is 5.09. The standard InChI is InChI=1S/C20H26N4O3/c1-15-22-18(24-11-6-3-7-12-24)14-19(23-15)27-13-10-21-20(25)16-8-4-5-9-17(16)26-2/h4-5,8-9,14H,3,6-7,10-13H2,1-2H3,(H,21,25). The molecule has 0 saturated carbocycles. The Bertz CT molecular complexity index is 776. The monoisotopic (exact) mass is 370 g/mol. The fourth-order valence-corrected chi connectivity index (χ4v) is 3.13. The van der Waals surface area contributed by atoms with Crippen molar-refractivity contribution in [2.45, 2.75) is 26.2 Å². The van der Waals surface area contributed by atoms with Gasteiger partial charge in [0.25, 0.3) is 5.91 Å². The zero-order valence-electron chi connectivity index (χ0n) is 15.9. The van der Waals surface area contributed by atoms with Crippen LogP contribution in [0.3, 0.4) is 0 Å². The molecule has 144 valence electrons. The van der Waals surface area contributed by atoms with Crippen molar-refractivity contribution in [1.82, 2.24) is 15.3 Å². The van der Waals surface area contributed by atoms with Crippen molar-refractivity contribution in [2.24, 2.45) is 0 Å². The lowest BCUT2D eigenvalue weighted by molar-refractivity contribution is 0.0943. The third-order valence-electron chi connectivity index (χ3n) is 4.47. The predicted octanol–water partition coefficient (Wildman–Crippen LogP) is 2.59. The lowest BCUT2D eigenvalue weighted by Crippen LogP contribution is -2.30. The van der Waals surface area contributed by atoms with Crippen molar-refractivity contribution in [3.05, 3.63) is 41.7 Å². The minimum atomic E-state index is -0.191. The summed E-state index contributed by atoms with van der Waals surface area (Å²) < 4.78 is 10.9. The second-order valence-electron chi connectivity index (χ2n) is 6.46. The summed E-state index contributed by atoms with van der Waals surface area (Å²) in [5.74, 6) is 2.49. The van der Waals surface area contributed by atoms with E-state index in [1.807, 2.05) is 19.1 Å². The molecule has 0 unspecified atom stereocenters. The summed E-state index contributed by atoms with van der Waals surface area (Å²) in [6.45, 7) is 4.61. The molecule has 1 fully saturated rings. The number of anilines is 1. The summed E-state index contributed by atoms with van der Waals surface area (Å²) in [6.07, 6.45) is 3.65. The van der Waals surface area contributed by atoms with E-state index in [1.54, 1.807) is 25.3 Å². The highest BCUT2D eigenvalue weighted by molar-refractivity contribution is 5.96. The quantitative estimate of drug-likeness (QED) is 0.755. The Morgan fingerprint density at radius 1 is 1.19 bits per heavy atom. The molecule has 1 saturated heterocycles. The van der Waals surface area contributed by atoms with Crippen molar-refractivity contribution < 1.29 is 14.3 Å². The van der Waals surface area contributed by atoms with Gasteiger partial charge in [-0.3, -0.25) is 4.79 Å².